The number of hydrogen-bond acceptors (Lipinski definition) is 5. The molecule has 2 aromatic rings. The molecule has 28 heavy (non-hydrogen) atoms. The largest absolute Gasteiger partial charge is 0.352 e. The topological polar surface area (TPSA) is 83.6 Å². The first-order valence-corrected chi connectivity index (χ1v) is 11.3. The zero-order valence-corrected chi connectivity index (χ0v) is 17.0. The molecule has 6 rings (SSSR count). The van der Waals surface area contributed by atoms with E-state index in [9.17, 15) is 4.79 Å². The third kappa shape index (κ3) is 3.45. The number of carbonyl (C=O) groups excluding carboxylic acids is 1. The monoisotopic (exact) mass is 397 g/mol. The van der Waals surface area contributed by atoms with E-state index in [0.29, 0.717) is 22.1 Å². The van der Waals surface area contributed by atoms with Crippen molar-refractivity contribution in [1.29, 1.82) is 0 Å². The Morgan fingerprint density at radius 1 is 1.21 bits per heavy atom. The molecule has 0 unspecified atom stereocenters. The molecule has 1 atom stereocenters. The molecular formula is C21H27N5OS. The zero-order chi connectivity index (χ0) is 19.1. The number of rotatable bonds is 6. The SMILES string of the molecule is C[C@H](NC(=O)CSc1n[nH]c(-c2ccncc2)n1)C12CC3CC(CC(C3)C1)C2. The van der Waals surface area contributed by atoms with Gasteiger partial charge in [0.15, 0.2) is 5.82 Å². The standard InChI is InChI=1S/C21H27N5OS/c1-13(21-9-14-6-15(10-21)8-16(7-14)11-21)23-18(27)12-28-20-24-19(25-26-20)17-2-4-22-5-3-17/h2-5,13-16H,6-12H2,1H3,(H,23,27)(H,24,25,26)/t13-,14?,15?,16?,21?/m0/s1. The molecule has 4 aliphatic rings. The molecule has 4 fully saturated rings. The summed E-state index contributed by atoms with van der Waals surface area (Å²) in [5.41, 5.74) is 1.28. The van der Waals surface area contributed by atoms with Crippen molar-refractivity contribution in [2.75, 3.05) is 5.75 Å². The molecule has 4 bridgehead atoms. The number of carbonyl (C=O) groups is 1. The van der Waals surface area contributed by atoms with Gasteiger partial charge in [0, 0.05) is 24.0 Å². The third-order valence-corrected chi connectivity index (χ3v) is 7.98. The molecule has 0 spiro atoms. The number of amides is 1. The third-order valence-electron chi connectivity index (χ3n) is 7.13. The summed E-state index contributed by atoms with van der Waals surface area (Å²) in [7, 11) is 0. The van der Waals surface area contributed by atoms with Gasteiger partial charge in [0.1, 0.15) is 0 Å². The number of pyridine rings is 1. The fourth-order valence-electron chi connectivity index (χ4n) is 6.22. The van der Waals surface area contributed by atoms with Crippen LogP contribution < -0.4 is 5.32 Å². The number of aromatic amines is 1. The van der Waals surface area contributed by atoms with Crippen molar-refractivity contribution < 1.29 is 4.79 Å². The molecule has 6 nitrogen and oxygen atoms in total. The Balaban J connectivity index is 1.17. The molecule has 0 aromatic carbocycles. The maximum atomic E-state index is 12.6. The predicted octanol–water partition coefficient (Wildman–Crippen LogP) is 3.68. The number of nitrogens with zero attached hydrogens (tertiary/aromatic N) is 3. The highest BCUT2D eigenvalue weighted by Crippen LogP contribution is 2.61. The van der Waals surface area contributed by atoms with E-state index < -0.39 is 0 Å². The number of nitrogens with one attached hydrogen (secondary N) is 2. The van der Waals surface area contributed by atoms with Crippen LogP contribution in [-0.2, 0) is 4.79 Å². The molecule has 2 N–H and O–H groups in total. The van der Waals surface area contributed by atoms with Gasteiger partial charge in [0.2, 0.25) is 11.1 Å². The van der Waals surface area contributed by atoms with E-state index in [1.807, 2.05) is 12.1 Å². The van der Waals surface area contributed by atoms with Crippen molar-refractivity contribution in [2.24, 2.45) is 23.2 Å². The van der Waals surface area contributed by atoms with Gasteiger partial charge in [-0.25, -0.2) is 4.98 Å². The molecule has 0 saturated heterocycles. The van der Waals surface area contributed by atoms with E-state index in [2.05, 4.69) is 32.4 Å². The van der Waals surface area contributed by atoms with E-state index in [1.165, 1.54) is 50.3 Å². The molecular weight excluding hydrogens is 370 g/mol. The summed E-state index contributed by atoms with van der Waals surface area (Å²) < 4.78 is 0. The molecule has 148 valence electrons. The number of H-pyrrole nitrogens is 1. The van der Waals surface area contributed by atoms with E-state index in [4.69, 9.17) is 0 Å². The first-order chi connectivity index (χ1) is 13.6. The summed E-state index contributed by atoms with van der Waals surface area (Å²) in [5, 5.41) is 11.1. The summed E-state index contributed by atoms with van der Waals surface area (Å²) >= 11 is 1.38. The Kier molecular flexibility index (Phi) is 4.65. The molecule has 0 aliphatic heterocycles. The molecule has 4 saturated carbocycles. The molecule has 4 aliphatic carbocycles. The van der Waals surface area contributed by atoms with Gasteiger partial charge in [-0.3, -0.25) is 14.9 Å². The quantitative estimate of drug-likeness (QED) is 0.727. The number of thioether (sulfide) groups is 1. The summed E-state index contributed by atoms with van der Waals surface area (Å²) in [5.74, 6) is 3.85. The van der Waals surface area contributed by atoms with Gasteiger partial charge < -0.3 is 5.32 Å². The lowest BCUT2D eigenvalue weighted by atomic mass is 9.48. The van der Waals surface area contributed by atoms with Gasteiger partial charge >= 0.3 is 0 Å². The maximum absolute atomic E-state index is 12.6. The van der Waals surface area contributed by atoms with Gasteiger partial charge in [-0.15, -0.1) is 5.10 Å². The fourth-order valence-corrected chi connectivity index (χ4v) is 6.83. The Bertz CT molecular complexity index is 816. The lowest BCUT2D eigenvalue weighted by Gasteiger charge is -2.59. The Morgan fingerprint density at radius 2 is 1.86 bits per heavy atom. The minimum Gasteiger partial charge on any atom is -0.352 e. The van der Waals surface area contributed by atoms with Gasteiger partial charge in [-0.2, -0.15) is 0 Å². The number of aromatic nitrogens is 4. The van der Waals surface area contributed by atoms with E-state index >= 15 is 0 Å². The Labute approximate surface area is 169 Å². The minimum atomic E-state index is 0.0866. The van der Waals surface area contributed by atoms with Crippen LogP contribution in [0.15, 0.2) is 29.7 Å². The Hall–Kier alpha value is -1.89. The second-order valence-corrected chi connectivity index (χ2v) is 10.0. The van der Waals surface area contributed by atoms with Crippen LogP contribution in [0.4, 0.5) is 0 Å². The summed E-state index contributed by atoms with van der Waals surface area (Å²) in [6.45, 7) is 2.23. The fraction of sp³-hybridized carbons (Fsp3) is 0.619. The molecule has 7 heteroatoms. The average molecular weight is 398 g/mol. The molecule has 2 heterocycles. The summed E-state index contributed by atoms with van der Waals surface area (Å²) in [6, 6.07) is 4.03. The average Bonchev–Trinajstić information content (AvgIpc) is 3.15. The normalized spacial score (nSPS) is 31.7. The van der Waals surface area contributed by atoms with Gasteiger partial charge in [-0.05, 0) is 80.8 Å². The van der Waals surface area contributed by atoms with Crippen molar-refractivity contribution in [3.63, 3.8) is 0 Å². The zero-order valence-electron chi connectivity index (χ0n) is 16.2. The first-order valence-electron chi connectivity index (χ1n) is 10.3. The van der Waals surface area contributed by atoms with Crippen LogP contribution in [0.5, 0.6) is 0 Å². The van der Waals surface area contributed by atoms with Crippen LogP contribution in [0.1, 0.15) is 45.4 Å². The lowest BCUT2D eigenvalue weighted by molar-refractivity contribution is -0.123. The van der Waals surface area contributed by atoms with Crippen molar-refractivity contribution in [3.05, 3.63) is 24.5 Å². The summed E-state index contributed by atoms with van der Waals surface area (Å²) in [4.78, 5) is 21.1. The maximum Gasteiger partial charge on any atom is 0.230 e. The highest BCUT2D eigenvalue weighted by atomic mass is 32.2. The second-order valence-electron chi connectivity index (χ2n) is 9.06. The van der Waals surface area contributed by atoms with E-state index in [-0.39, 0.29) is 11.9 Å². The minimum absolute atomic E-state index is 0.0866. The van der Waals surface area contributed by atoms with E-state index in [0.717, 1.165) is 23.3 Å². The van der Waals surface area contributed by atoms with Crippen LogP contribution in [0.25, 0.3) is 11.4 Å². The van der Waals surface area contributed by atoms with Crippen molar-refractivity contribution in [2.45, 2.75) is 56.6 Å². The van der Waals surface area contributed by atoms with Crippen LogP contribution >= 0.6 is 11.8 Å². The van der Waals surface area contributed by atoms with Crippen LogP contribution in [-0.4, -0.2) is 37.9 Å². The lowest BCUT2D eigenvalue weighted by Crippen LogP contribution is -2.56. The van der Waals surface area contributed by atoms with Crippen LogP contribution in [0.3, 0.4) is 0 Å². The Morgan fingerprint density at radius 3 is 2.50 bits per heavy atom. The van der Waals surface area contributed by atoms with Gasteiger partial charge in [0.25, 0.3) is 0 Å². The molecule has 2 aromatic heterocycles. The smallest absolute Gasteiger partial charge is 0.230 e. The van der Waals surface area contributed by atoms with Gasteiger partial charge in [-0.1, -0.05) is 11.8 Å². The van der Waals surface area contributed by atoms with E-state index in [1.54, 1.807) is 12.4 Å². The highest BCUT2D eigenvalue weighted by molar-refractivity contribution is 7.99. The molecule has 0 radical (unpaired) electrons. The highest BCUT2D eigenvalue weighted by Gasteiger charge is 2.53. The number of hydrogen-bond donors (Lipinski definition) is 2. The van der Waals surface area contributed by atoms with Crippen LogP contribution in [0.2, 0.25) is 0 Å². The molecule has 1 amide bonds. The van der Waals surface area contributed by atoms with Crippen LogP contribution in [0, 0.1) is 23.2 Å². The first kappa shape index (κ1) is 18.2. The predicted molar refractivity (Wildman–Crippen MR) is 109 cm³/mol. The van der Waals surface area contributed by atoms with Crippen molar-refractivity contribution >= 4 is 17.7 Å². The summed E-state index contributed by atoms with van der Waals surface area (Å²) in [6.07, 6.45) is 11.7. The van der Waals surface area contributed by atoms with Crippen molar-refractivity contribution in [1.82, 2.24) is 25.5 Å². The second kappa shape index (κ2) is 7.17. The van der Waals surface area contributed by atoms with Gasteiger partial charge in [0.05, 0.1) is 5.75 Å². The van der Waals surface area contributed by atoms with Crippen molar-refractivity contribution in [3.8, 4) is 11.4 Å².